The summed E-state index contributed by atoms with van der Waals surface area (Å²) in [6, 6.07) is 5.62. The van der Waals surface area contributed by atoms with Gasteiger partial charge in [-0.1, -0.05) is 11.6 Å². The molecular weight excluding hydrogens is 304 g/mol. The van der Waals surface area contributed by atoms with Gasteiger partial charge in [0.1, 0.15) is 12.1 Å². The number of nitrogens with one attached hydrogen (secondary N) is 1. The Bertz CT molecular complexity index is 760. The van der Waals surface area contributed by atoms with E-state index in [2.05, 4.69) is 15.5 Å². The number of carbonyl (C=O) groups is 1. The van der Waals surface area contributed by atoms with E-state index in [0.29, 0.717) is 17.6 Å². The third-order valence-corrected chi connectivity index (χ3v) is 4.86. The number of rotatable bonds is 2. The molecule has 6 nitrogen and oxygen atoms in total. The number of amides is 1. The summed E-state index contributed by atoms with van der Waals surface area (Å²) < 4.78 is 7.37. The number of carbonyl (C=O) groups excluding carboxylic acids is 1. The Balaban J connectivity index is 1.60. The maximum Gasteiger partial charge on any atom is 0.230 e. The number of aromatic nitrogens is 3. The fraction of sp³-hybridized carbons (Fsp3) is 0.400. The molecule has 1 spiro atoms. The minimum absolute atomic E-state index is 0.0241. The van der Waals surface area contributed by atoms with Crippen LogP contribution in [-0.4, -0.2) is 27.3 Å². The summed E-state index contributed by atoms with van der Waals surface area (Å²) in [5.74, 6) is 1.20. The Hall–Kier alpha value is -2.08. The van der Waals surface area contributed by atoms with Crippen molar-refractivity contribution in [3.63, 3.8) is 0 Å². The number of ether oxygens (including phenoxy) is 1. The predicted octanol–water partition coefficient (Wildman–Crippen LogP) is 2.15. The van der Waals surface area contributed by atoms with Gasteiger partial charge in [-0.15, -0.1) is 10.2 Å². The Morgan fingerprint density at radius 3 is 3.18 bits per heavy atom. The first-order valence-electron chi connectivity index (χ1n) is 7.18. The molecule has 0 bridgehead atoms. The summed E-state index contributed by atoms with van der Waals surface area (Å²) in [7, 11) is 1.79. The highest BCUT2D eigenvalue weighted by molar-refractivity contribution is 6.30. The lowest BCUT2D eigenvalue weighted by Gasteiger charge is -2.27. The van der Waals surface area contributed by atoms with Crippen molar-refractivity contribution in [1.82, 2.24) is 14.8 Å². The predicted molar refractivity (Wildman–Crippen MR) is 81.0 cm³/mol. The highest BCUT2D eigenvalue weighted by Gasteiger charge is 2.61. The SMILES string of the molecule is Cn1cnnc1NC(=O)[C@@H]1C[C@]12CCOc1ccc(Cl)cc12. The van der Waals surface area contributed by atoms with Crippen molar-refractivity contribution in [1.29, 1.82) is 0 Å². The number of aryl methyl sites for hydroxylation is 1. The normalized spacial score (nSPS) is 25.5. The molecule has 1 aromatic carbocycles. The molecule has 4 rings (SSSR count). The largest absolute Gasteiger partial charge is 0.493 e. The van der Waals surface area contributed by atoms with E-state index in [9.17, 15) is 4.79 Å². The van der Waals surface area contributed by atoms with E-state index in [-0.39, 0.29) is 17.2 Å². The van der Waals surface area contributed by atoms with Gasteiger partial charge < -0.3 is 9.30 Å². The summed E-state index contributed by atoms with van der Waals surface area (Å²) in [4.78, 5) is 12.5. The number of hydrogen-bond acceptors (Lipinski definition) is 4. The maximum absolute atomic E-state index is 12.5. The molecule has 7 heteroatoms. The zero-order valence-electron chi connectivity index (χ0n) is 12.0. The van der Waals surface area contributed by atoms with Crippen LogP contribution in [0.2, 0.25) is 5.02 Å². The van der Waals surface area contributed by atoms with Crippen molar-refractivity contribution in [2.75, 3.05) is 11.9 Å². The molecule has 2 aromatic rings. The molecule has 0 radical (unpaired) electrons. The average molecular weight is 319 g/mol. The van der Waals surface area contributed by atoms with E-state index >= 15 is 0 Å². The Kier molecular flexibility index (Phi) is 2.91. The van der Waals surface area contributed by atoms with Crippen LogP contribution in [-0.2, 0) is 17.3 Å². The number of hydrogen-bond donors (Lipinski definition) is 1. The summed E-state index contributed by atoms with van der Waals surface area (Å²) in [6.45, 7) is 0.627. The van der Waals surface area contributed by atoms with Crippen LogP contribution in [0.4, 0.5) is 5.95 Å². The Labute approximate surface area is 132 Å². The van der Waals surface area contributed by atoms with Crippen molar-refractivity contribution < 1.29 is 9.53 Å². The van der Waals surface area contributed by atoms with Crippen LogP contribution >= 0.6 is 11.6 Å². The van der Waals surface area contributed by atoms with Gasteiger partial charge in [-0.2, -0.15) is 0 Å². The molecule has 1 aliphatic heterocycles. The smallest absolute Gasteiger partial charge is 0.230 e. The second kappa shape index (κ2) is 4.71. The van der Waals surface area contributed by atoms with Gasteiger partial charge in [0.25, 0.3) is 0 Å². The minimum atomic E-state index is -0.152. The van der Waals surface area contributed by atoms with E-state index in [1.165, 1.54) is 0 Å². The van der Waals surface area contributed by atoms with Crippen molar-refractivity contribution in [3.8, 4) is 5.75 Å². The van der Waals surface area contributed by atoms with Crippen LogP contribution < -0.4 is 10.1 Å². The Morgan fingerprint density at radius 2 is 2.41 bits per heavy atom. The molecule has 114 valence electrons. The minimum Gasteiger partial charge on any atom is -0.493 e. The first kappa shape index (κ1) is 13.6. The van der Waals surface area contributed by atoms with E-state index < -0.39 is 0 Å². The highest BCUT2D eigenvalue weighted by Crippen LogP contribution is 2.61. The van der Waals surface area contributed by atoms with Crippen molar-refractivity contribution in [3.05, 3.63) is 35.1 Å². The summed E-state index contributed by atoms with van der Waals surface area (Å²) in [6.07, 6.45) is 3.20. The first-order chi connectivity index (χ1) is 10.6. The molecule has 2 atom stereocenters. The van der Waals surface area contributed by atoms with Gasteiger partial charge in [0.15, 0.2) is 0 Å². The lowest BCUT2D eigenvalue weighted by Crippen LogP contribution is -2.27. The van der Waals surface area contributed by atoms with Gasteiger partial charge in [-0.3, -0.25) is 10.1 Å². The fourth-order valence-corrected chi connectivity index (χ4v) is 3.48. The lowest BCUT2D eigenvalue weighted by atomic mass is 9.87. The van der Waals surface area contributed by atoms with Gasteiger partial charge in [0, 0.05) is 29.0 Å². The maximum atomic E-state index is 12.5. The number of fused-ring (bicyclic) bond motifs is 2. The van der Waals surface area contributed by atoms with Crippen LogP contribution in [0.5, 0.6) is 5.75 Å². The van der Waals surface area contributed by atoms with Gasteiger partial charge in [0.2, 0.25) is 11.9 Å². The van der Waals surface area contributed by atoms with Gasteiger partial charge in [-0.05, 0) is 31.0 Å². The molecular formula is C15H15ClN4O2. The van der Waals surface area contributed by atoms with Crippen LogP contribution in [0.15, 0.2) is 24.5 Å². The molecule has 1 fully saturated rings. The molecule has 0 saturated heterocycles. The molecule has 1 saturated carbocycles. The average Bonchev–Trinajstić information content (AvgIpc) is 3.08. The van der Waals surface area contributed by atoms with E-state index in [4.69, 9.17) is 16.3 Å². The number of nitrogens with zero attached hydrogens (tertiary/aromatic N) is 3. The zero-order valence-corrected chi connectivity index (χ0v) is 12.8. The highest BCUT2D eigenvalue weighted by atomic mass is 35.5. The van der Waals surface area contributed by atoms with Crippen molar-refractivity contribution in [2.24, 2.45) is 13.0 Å². The summed E-state index contributed by atoms with van der Waals surface area (Å²) in [5, 5.41) is 11.2. The second-order valence-electron chi connectivity index (χ2n) is 5.91. The molecule has 1 aromatic heterocycles. The Morgan fingerprint density at radius 1 is 1.55 bits per heavy atom. The van der Waals surface area contributed by atoms with Crippen molar-refractivity contribution >= 4 is 23.5 Å². The standard InChI is InChI=1S/C15H15ClN4O2/c1-20-8-17-19-14(20)18-13(21)11-7-15(11)4-5-22-12-3-2-9(16)6-10(12)15/h2-3,6,8,11H,4-5,7H2,1H3,(H,18,19,21)/t11-,15-/m0/s1. The zero-order chi connectivity index (χ0) is 15.3. The van der Waals surface area contributed by atoms with Crippen LogP contribution in [0.3, 0.4) is 0 Å². The van der Waals surface area contributed by atoms with Crippen molar-refractivity contribution in [2.45, 2.75) is 18.3 Å². The van der Waals surface area contributed by atoms with Gasteiger partial charge in [0.05, 0.1) is 6.61 Å². The van der Waals surface area contributed by atoms with Crippen LogP contribution in [0.25, 0.3) is 0 Å². The van der Waals surface area contributed by atoms with Gasteiger partial charge >= 0.3 is 0 Å². The molecule has 0 unspecified atom stereocenters. The number of halogens is 1. The lowest BCUT2D eigenvalue weighted by molar-refractivity contribution is -0.117. The fourth-order valence-electron chi connectivity index (χ4n) is 3.31. The number of benzene rings is 1. The van der Waals surface area contributed by atoms with E-state index in [1.807, 2.05) is 18.2 Å². The van der Waals surface area contributed by atoms with E-state index in [1.54, 1.807) is 17.9 Å². The monoisotopic (exact) mass is 318 g/mol. The topological polar surface area (TPSA) is 69.0 Å². The molecule has 22 heavy (non-hydrogen) atoms. The second-order valence-corrected chi connectivity index (χ2v) is 6.34. The summed E-state index contributed by atoms with van der Waals surface area (Å²) >= 11 is 6.12. The molecule has 1 aliphatic carbocycles. The quantitative estimate of drug-likeness (QED) is 0.921. The molecule has 2 aliphatic rings. The van der Waals surface area contributed by atoms with Crippen LogP contribution in [0.1, 0.15) is 18.4 Å². The third-order valence-electron chi connectivity index (χ3n) is 4.62. The van der Waals surface area contributed by atoms with E-state index in [0.717, 1.165) is 24.2 Å². The number of anilines is 1. The molecule has 1 amide bonds. The first-order valence-corrected chi connectivity index (χ1v) is 7.56. The third kappa shape index (κ3) is 1.98. The van der Waals surface area contributed by atoms with Gasteiger partial charge in [-0.25, -0.2) is 0 Å². The molecule has 2 heterocycles. The summed E-state index contributed by atoms with van der Waals surface area (Å²) in [5.41, 5.74) is 0.894. The van der Waals surface area contributed by atoms with Crippen LogP contribution in [0, 0.1) is 5.92 Å². The molecule has 1 N–H and O–H groups in total.